The molecule has 4 aliphatic rings. The minimum Gasteiger partial charge on any atom is -0.459 e. The summed E-state index contributed by atoms with van der Waals surface area (Å²) in [6, 6.07) is -0.885. The third kappa shape index (κ3) is 10.9. The van der Waals surface area contributed by atoms with E-state index in [9.17, 15) is 30.3 Å². The van der Waals surface area contributed by atoms with Gasteiger partial charge in [0.1, 0.15) is 35.1 Å². The van der Waals surface area contributed by atoms with Gasteiger partial charge in [0.05, 0.1) is 49.1 Å². The number of methoxy groups -OCH3 is 1. The van der Waals surface area contributed by atoms with Gasteiger partial charge in [-0.2, -0.15) is 0 Å². The standard InChI is InChI=1S/C42H79N3O13/c1-14-31-41(10,50)35(47)28(6)43-22-24(2)20-39(8,49)36(58-38-33(46)30(44(11)12)19-25(3)54-38)26(4)34(27(5)37(48)56-31)57-32-21-40(9,52-13)42(51,29(7)55-32)23-45-15-17-53-18-16-45/h24-36,38,43,46-47,49-51H,14-23H2,1-13H3/t24-,25-,26+,27-,28-,29+,30+,31-,32+,33-,34+,35-,36-,38+,39-,40-,41-,42-/m1/s1. The van der Waals surface area contributed by atoms with E-state index in [1.165, 1.54) is 6.92 Å². The first-order valence-corrected chi connectivity index (χ1v) is 21.5. The van der Waals surface area contributed by atoms with Crippen LogP contribution >= 0.6 is 0 Å². The number of nitrogens with zero attached hydrogens (tertiary/aromatic N) is 2. The van der Waals surface area contributed by atoms with Gasteiger partial charge in [0.25, 0.3) is 0 Å². The second kappa shape index (κ2) is 20.0. The molecule has 0 aliphatic carbocycles. The van der Waals surface area contributed by atoms with Crippen LogP contribution in [0, 0.1) is 17.8 Å². The lowest BCUT2D eigenvalue weighted by molar-refractivity contribution is -0.339. The van der Waals surface area contributed by atoms with Crippen LogP contribution < -0.4 is 5.32 Å². The summed E-state index contributed by atoms with van der Waals surface area (Å²) in [5.41, 5.74) is -5.99. The average molecular weight is 834 g/mol. The predicted molar refractivity (Wildman–Crippen MR) is 216 cm³/mol. The number of hydrogen-bond donors (Lipinski definition) is 6. The Kier molecular flexibility index (Phi) is 17.1. The van der Waals surface area contributed by atoms with Crippen molar-refractivity contribution in [1.29, 1.82) is 0 Å². The molecule has 18 atom stereocenters. The maximum Gasteiger partial charge on any atom is 0.311 e. The van der Waals surface area contributed by atoms with E-state index in [2.05, 4.69) is 10.2 Å². The number of nitrogens with one attached hydrogen (secondary N) is 1. The van der Waals surface area contributed by atoms with E-state index >= 15 is 0 Å². The van der Waals surface area contributed by atoms with Gasteiger partial charge in [0.15, 0.2) is 12.6 Å². The Morgan fingerprint density at radius 1 is 0.948 bits per heavy atom. The number of likely N-dealkylation sites (N-methyl/N-ethyl adjacent to an activating group) is 1. The largest absolute Gasteiger partial charge is 0.459 e. The van der Waals surface area contributed by atoms with Crippen molar-refractivity contribution < 1.29 is 63.5 Å². The number of aliphatic hydroxyl groups excluding tert-OH is 2. The van der Waals surface area contributed by atoms with Crippen molar-refractivity contribution in [1.82, 2.24) is 15.1 Å². The molecule has 4 fully saturated rings. The first-order chi connectivity index (χ1) is 26.9. The number of esters is 1. The molecule has 0 unspecified atom stereocenters. The lowest BCUT2D eigenvalue weighted by atomic mass is 9.74. The third-order valence-corrected chi connectivity index (χ3v) is 13.8. The fourth-order valence-corrected chi connectivity index (χ4v) is 9.82. The summed E-state index contributed by atoms with van der Waals surface area (Å²) in [6.45, 7) is 20.7. The summed E-state index contributed by atoms with van der Waals surface area (Å²) in [6.07, 6.45) is -7.65. The Labute approximate surface area is 347 Å². The number of morpholine rings is 1. The lowest BCUT2D eigenvalue weighted by Gasteiger charge is -2.55. The van der Waals surface area contributed by atoms with Crippen LogP contribution in [0.5, 0.6) is 0 Å². The maximum absolute atomic E-state index is 14.4. The van der Waals surface area contributed by atoms with Crippen LogP contribution in [0.1, 0.15) is 94.9 Å². The van der Waals surface area contributed by atoms with Crippen molar-refractivity contribution in [2.45, 2.75) is 185 Å². The van der Waals surface area contributed by atoms with Crippen molar-refractivity contribution in [3.63, 3.8) is 0 Å². The summed E-state index contributed by atoms with van der Waals surface area (Å²) >= 11 is 0. The van der Waals surface area contributed by atoms with Crippen LogP contribution in [-0.2, 0) is 38.0 Å². The Hall–Kier alpha value is -1.09. The molecular weight excluding hydrogens is 754 g/mol. The van der Waals surface area contributed by atoms with Crippen LogP contribution in [0.4, 0.5) is 0 Å². The smallest absolute Gasteiger partial charge is 0.311 e. The van der Waals surface area contributed by atoms with E-state index in [1.54, 1.807) is 41.7 Å². The van der Waals surface area contributed by atoms with E-state index < -0.39 is 95.5 Å². The molecule has 6 N–H and O–H groups in total. The first kappa shape index (κ1) is 49.6. The van der Waals surface area contributed by atoms with Crippen molar-refractivity contribution in [3.05, 3.63) is 0 Å². The molecule has 16 heteroatoms. The molecule has 0 aromatic carbocycles. The zero-order valence-electron chi connectivity index (χ0n) is 37.6. The summed E-state index contributed by atoms with van der Waals surface area (Å²) in [4.78, 5) is 18.4. The van der Waals surface area contributed by atoms with Crippen LogP contribution in [0.3, 0.4) is 0 Å². The lowest BCUT2D eigenvalue weighted by Crippen LogP contribution is -2.70. The van der Waals surface area contributed by atoms with Gasteiger partial charge in [0.2, 0.25) is 0 Å². The molecular formula is C42H79N3O13. The Balaban J connectivity index is 1.79. The molecule has 16 nitrogen and oxygen atoms in total. The molecule has 4 saturated heterocycles. The number of ether oxygens (including phenoxy) is 7. The number of aliphatic hydroxyl groups is 5. The minimum atomic E-state index is -1.82. The molecule has 0 radical (unpaired) electrons. The third-order valence-electron chi connectivity index (χ3n) is 13.8. The summed E-state index contributed by atoms with van der Waals surface area (Å²) in [5.74, 6) is -2.68. The van der Waals surface area contributed by atoms with Crippen LogP contribution in [-0.4, -0.2) is 192 Å². The number of hydrogen-bond acceptors (Lipinski definition) is 16. The second-order valence-electron chi connectivity index (χ2n) is 18.9. The topological polar surface area (TPSA) is 201 Å². The van der Waals surface area contributed by atoms with E-state index in [4.69, 9.17) is 33.2 Å². The summed E-state index contributed by atoms with van der Waals surface area (Å²) in [7, 11) is 5.32. The van der Waals surface area contributed by atoms with Crippen LogP contribution in [0.2, 0.25) is 0 Å². The van der Waals surface area contributed by atoms with Gasteiger partial charge in [-0.05, 0) is 94.3 Å². The van der Waals surface area contributed by atoms with Gasteiger partial charge < -0.3 is 68.9 Å². The Bertz CT molecular complexity index is 1300. The molecule has 0 aromatic rings. The fraction of sp³-hybridized carbons (Fsp3) is 0.976. The quantitative estimate of drug-likeness (QED) is 0.181. The molecule has 0 spiro atoms. The van der Waals surface area contributed by atoms with Gasteiger partial charge in [-0.1, -0.05) is 20.8 Å². The number of carbonyl (C=O) groups is 1. The van der Waals surface area contributed by atoms with Crippen molar-refractivity contribution in [2.75, 3.05) is 60.6 Å². The predicted octanol–water partition coefficient (Wildman–Crippen LogP) is 1.26. The summed E-state index contributed by atoms with van der Waals surface area (Å²) in [5, 5.41) is 63.0. The molecule has 4 heterocycles. The minimum absolute atomic E-state index is 0.0904. The Morgan fingerprint density at radius 2 is 1.59 bits per heavy atom. The molecule has 340 valence electrons. The molecule has 58 heavy (non-hydrogen) atoms. The van der Waals surface area contributed by atoms with E-state index in [-0.39, 0.29) is 43.9 Å². The molecule has 4 aliphatic heterocycles. The number of β-amino-alcohol motifs (C(OH)–C–C–N with tert-alkyl or cyclic N) is 1. The van der Waals surface area contributed by atoms with E-state index in [0.717, 1.165) is 0 Å². The van der Waals surface area contributed by atoms with Gasteiger partial charge in [0, 0.05) is 51.2 Å². The van der Waals surface area contributed by atoms with Crippen molar-refractivity contribution >= 4 is 5.97 Å². The highest BCUT2D eigenvalue weighted by atomic mass is 16.7. The highest BCUT2D eigenvalue weighted by Gasteiger charge is 2.59. The Morgan fingerprint density at radius 3 is 2.17 bits per heavy atom. The molecule has 0 amide bonds. The normalized spacial score (nSPS) is 48.6. The average Bonchev–Trinajstić information content (AvgIpc) is 3.15. The molecule has 0 saturated carbocycles. The van der Waals surface area contributed by atoms with Crippen molar-refractivity contribution in [2.24, 2.45) is 17.8 Å². The van der Waals surface area contributed by atoms with Gasteiger partial charge in [-0.15, -0.1) is 0 Å². The van der Waals surface area contributed by atoms with Gasteiger partial charge >= 0.3 is 5.97 Å². The number of rotatable bonds is 9. The number of cyclic esters (lactones) is 1. The van der Waals surface area contributed by atoms with Crippen LogP contribution in [0.15, 0.2) is 0 Å². The molecule has 0 aromatic heterocycles. The highest BCUT2D eigenvalue weighted by molar-refractivity contribution is 5.73. The SMILES string of the molecule is CC[C@H]1OC(=O)[C@H](C)[C@@H](O[C@H]2C[C@@](C)(OC)[C@@](O)(CN3CCOCC3)[C@H](C)O2)[C@H](C)[C@@H](O[C@@H]2O[C@H](C)C[C@H](N(C)C)[C@H]2O)[C@](C)(O)C[C@@H](C)CN[C@H](C)[C@@H](O)[C@]1(C)O. The van der Waals surface area contributed by atoms with Gasteiger partial charge in [-0.3, -0.25) is 9.69 Å². The number of carbonyl (C=O) groups excluding carboxylic acids is 1. The fourth-order valence-electron chi connectivity index (χ4n) is 9.82. The van der Waals surface area contributed by atoms with Crippen molar-refractivity contribution in [3.8, 4) is 0 Å². The zero-order valence-corrected chi connectivity index (χ0v) is 37.6. The monoisotopic (exact) mass is 834 g/mol. The highest BCUT2D eigenvalue weighted by Crippen LogP contribution is 2.44. The maximum atomic E-state index is 14.4. The molecule has 4 rings (SSSR count). The second-order valence-corrected chi connectivity index (χ2v) is 18.9. The summed E-state index contributed by atoms with van der Waals surface area (Å²) < 4.78 is 44.1. The van der Waals surface area contributed by atoms with Gasteiger partial charge in [-0.25, -0.2) is 0 Å². The zero-order chi connectivity index (χ0) is 43.5. The first-order valence-electron chi connectivity index (χ1n) is 21.5. The van der Waals surface area contributed by atoms with E-state index in [0.29, 0.717) is 39.3 Å². The molecule has 0 bridgehead atoms. The van der Waals surface area contributed by atoms with Crippen LogP contribution in [0.25, 0.3) is 0 Å². The van der Waals surface area contributed by atoms with E-state index in [1.807, 2.05) is 46.7 Å².